The third kappa shape index (κ3) is 16.7. The van der Waals surface area contributed by atoms with Crippen LogP contribution in [-0.2, 0) is 48.1 Å². The summed E-state index contributed by atoms with van der Waals surface area (Å²) in [5.41, 5.74) is 1.24. The normalized spacial score (nSPS) is 38.7. The number of esters is 1. The molecule has 3 fully saturated rings. The van der Waals surface area contributed by atoms with Crippen LogP contribution in [0.2, 0.25) is 0 Å². The summed E-state index contributed by atoms with van der Waals surface area (Å²) in [6, 6.07) is -1.86. The molecule has 2 bridgehead atoms. The zero-order chi connectivity index (χ0) is 52.1. The maximum atomic E-state index is 14.5. The number of methoxy groups -OCH3 is 2. The number of aliphatic hydroxyl groups is 3. The number of Topliss-reactive ketones (excluding diaryl/α,β-unsaturated/α-hetero) is 2. The summed E-state index contributed by atoms with van der Waals surface area (Å²) in [6.07, 6.45) is 13.0. The fourth-order valence-corrected chi connectivity index (χ4v) is 12.6. The molecule has 1 amide bonds. The van der Waals surface area contributed by atoms with Gasteiger partial charge in [0.15, 0.2) is 5.78 Å². The molecule has 2 saturated heterocycles. The standard InChI is InChI=1S/C54H88N2O13S/c1-33(2)32-70(64,65)55-43-31-42-23-21-40(9)54(63,69-42)51(60)52(61)56-26-16-15-19-44(56)53(62)68-46(37(6)29-41-22-24-45(57)47(30-41)66-10)25-20-35(4)28-39(8)49(59)50(67-11)48(58)38(7)27-34(3)17-13-12-14-18-36(43)5/h12-14,17-18,28,33-35,37-38,40-47,49-50,55,57,59,63H,15-16,19-27,29-32H2,1-11H3/b14-12+,17-13+,36-18+,39-28+/t34-,35+,37?,38-,40-,41+,42+,43-,44+,45-,46+,47-,49-,50+,54-/m1/s1. The van der Waals surface area contributed by atoms with Crippen molar-refractivity contribution in [3.05, 3.63) is 47.6 Å². The Labute approximate surface area is 419 Å². The van der Waals surface area contributed by atoms with Crippen molar-refractivity contribution in [3.8, 4) is 0 Å². The topological polar surface area (TPSA) is 215 Å². The largest absolute Gasteiger partial charge is 0.461 e. The number of amides is 1. The van der Waals surface area contributed by atoms with E-state index in [0.29, 0.717) is 75.4 Å². The van der Waals surface area contributed by atoms with E-state index in [0.717, 1.165) is 6.42 Å². The van der Waals surface area contributed by atoms with Crippen LogP contribution >= 0.6 is 0 Å². The van der Waals surface area contributed by atoms with Gasteiger partial charge in [0.25, 0.3) is 11.7 Å². The Kier molecular flexibility index (Phi) is 23.2. The van der Waals surface area contributed by atoms with E-state index in [-0.39, 0.29) is 66.6 Å². The number of rotatable bonds is 9. The van der Waals surface area contributed by atoms with Gasteiger partial charge in [-0.2, -0.15) is 0 Å². The highest BCUT2D eigenvalue weighted by Crippen LogP contribution is 2.38. The number of fused-ring (bicyclic) bond motifs is 3. The predicted octanol–water partition coefficient (Wildman–Crippen LogP) is 6.93. The second-order valence-electron chi connectivity index (χ2n) is 21.8. The average Bonchev–Trinajstić information content (AvgIpc) is 3.30. The molecule has 3 aliphatic heterocycles. The van der Waals surface area contributed by atoms with E-state index < -0.39 is 87.9 Å². The molecule has 1 saturated carbocycles. The minimum Gasteiger partial charge on any atom is -0.461 e. The second kappa shape index (κ2) is 27.3. The van der Waals surface area contributed by atoms with Crippen LogP contribution in [0.5, 0.6) is 0 Å². The number of allylic oxidation sites excluding steroid dienone is 6. The van der Waals surface area contributed by atoms with Crippen molar-refractivity contribution in [1.82, 2.24) is 9.62 Å². The molecule has 15 atom stereocenters. The molecule has 3 heterocycles. The van der Waals surface area contributed by atoms with Crippen molar-refractivity contribution in [1.29, 1.82) is 0 Å². The Morgan fingerprint density at radius 1 is 0.843 bits per heavy atom. The fraction of sp³-hybridized carbons (Fsp3) is 0.778. The summed E-state index contributed by atoms with van der Waals surface area (Å²) in [5.74, 6) is -7.13. The molecule has 398 valence electrons. The van der Waals surface area contributed by atoms with Crippen LogP contribution in [0, 0.1) is 41.4 Å². The molecule has 70 heavy (non-hydrogen) atoms. The maximum Gasteiger partial charge on any atom is 0.329 e. The lowest BCUT2D eigenvalue weighted by Gasteiger charge is -2.43. The number of aliphatic hydroxyl groups excluding tert-OH is 2. The SMILES string of the molecule is CO[C@@H]1C[C@H](CC(C)[C@@H]2CC[C@H](C)/C=C(\C)[C@@H](O)[C@@H](OC)C(=O)[C@H](C)C[C@H](C)/C=C/C=C/C=C(\C)[C@H](NS(=O)(=O)CC(C)C)C[C@@H]3CC[C@@H](C)[C@@](O)(O3)C(=O)C(=O)N3CCCC[C@H]3C(=O)O2)CC[C@H]1O. The highest BCUT2D eigenvalue weighted by atomic mass is 32.2. The Hall–Kier alpha value is -3.09. The van der Waals surface area contributed by atoms with Gasteiger partial charge in [-0.25, -0.2) is 17.9 Å². The first-order valence-corrected chi connectivity index (χ1v) is 27.7. The second-order valence-corrected chi connectivity index (χ2v) is 23.6. The molecule has 1 aliphatic carbocycles. The molecule has 4 rings (SSSR count). The molecular weight excluding hydrogens is 917 g/mol. The van der Waals surface area contributed by atoms with E-state index in [4.69, 9.17) is 18.9 Å². The number of carbonyl (C=O) groups is 4. The highest BCUT2D eigenvalue weighted by molar-refractivity contribution is 7.89. The molecule has 0 aromatic heterocycles. The average molecular weight is 1010 g/mol. The number of piperidine rings is 1. The van der Waals surface area contributed by atoms with Gasteiger partial charge in [-0.15, -0.1) is 0 Å². The number of carbonyl (C=O) groups excluding carboxylic acids is 4. The summed E-state index contributed by atoms with van der Waals surface area (Å²) in [6.45, 7) is 16.8. The van der Waals surface area contributed by atoms with Crippen LogP contribution in [0.15, 0.2) is 47.6 Å². The number of sulfonamides is 1. The third-order valence-electron chi connectivity index (χ3n) is 15.2. The van der Waals surface area contributed by atoms with Crippen molar-refractivity contribution in [2.45, 2.75) is 200 Å². The quantitative estimate of drug-likeness (QED) is 0.105. The lowest BCUT2D eigenvalue weighted by molar-refractivity contribution is -0.264. The number of hydrogen-bond acceptors (Lipinski definition) is 13. The fourth-order valence-electron chi connectivity index (χ4n) is 10.9. The van der Waals surface area contributed by atoms with Crippen LogP contribution in [-0.4, -0.2) is 133 Å². The molecule has 16 heteroatoms. The van der Waals surface area contributed by atoms with Crippen molar-refractivity contribution in [3.63, 3.8) is 0 Å². The van der Waals surface area contributed by atoms with Crippen molar-refractivity contribution in [2.24, 2.45) is 41.4 Å². The van der Waals surface area contributed by atoms with Gasteiger partial charge in [-0.3, -0.25) is 14.4 Å². The first-order chi connectivity index (χ1) is 32.9. The van der Waals surface area contributed by atoms with Crippen LogP contribution in [0.3, 0.4) is 0 Å². The number of ketones is 2. The molecule has 0 spiro atoms. The Morgan fingerprint density at radius 2 is 1.56 bits per heavy atom. The van der Waals surface area contributed by atoms with Crippen LogP contribution in [0.1, 0.15) is 146 Å². The summed E-state index contributed by atoms with van der Waals surface area (Å²) < 4.78 is 53.4. The van der Waals surface area contributed by atoms with Crippen molar-refractivity contribution in [2.75, 3.05) is 26.5 Å². The van der Waals surface area contributed by atoms with Crippen molar-refractivity contribution >= 4 is 33.5 Å². The molecule has 4 N–H and O–H groups in total. The van der Waals surface area contributed by atoms with Crippen LogP contribution in [0.25, 0.3) is 0 Å². The van der Waals surface area contributed by atoms with Gasteiger partial charge in [0.05, 0.1) is 24.1 Å². The van der Waals surface area contributed by atoms with Gasteiger partial charge in [-0.05, 0) is 132 Å². The number of cyclic esters (lactones) is 1. The van der Waals surface area contributed by atoms with Gasteiger partial charge in [0, 0.05) is 38.6 Å². The summed E-state index contributed by atoms with van der Waals surface area (Å²) in [5, 5.41) is 34.1. The summed E-state index contributed by atoms with van der Waals surface area (Å²) in [4.78, 5) is 58.3. The van der Waals surface area contributed by atoms with Crippen LogP contribution < -0.4 is 4.72 Å². The minimum atomic E-state index is -3.78. The van der Waals surface area contributed by atoms with E-state index in [2.05, 4.69) is 4.72 Å². The monoisotopic (exact) mass is 1000 g/mol. The number of nitrogens with one attached hydrogen (secondary N) is 1. The highest BCUT2D eigenvalue weighted by Gasteiger charge is 2.53. The van der Waals surface area contributed by atoms with E-state index >= 15 is 0 Å². The molecule has 4 aliphatic rings. The number of hydrogen-bond donors (Lipinski definition) is 4. The number of ether oxygens (including phenoxy) is 4. The maximum absolute atomic E-state index is 14.5. The van der Waals surface area contributed by atoms with Gasteiger partial charge in [-0.1, -0.05) is 90.5 Å². The van der Waals surface area contributed by atoms with Gasteiger partial charge < -0.3 is 39.2 Å². The predicted molar refractivity (Wildman–Crippen MR) is 269 cm³/mol. The smallest absolute Gasteiger partial charge is 0.329 e. The first kappa shape index (κ1) is 59.5. The lowest BCUT2D eigenvalue weighted by atomic mass is 9.78. The molecule has 0 radical (unpaired) electrons. The number of nitrogens with zero attached hydrogens (tertiary/aromatic N) is 1. The Bertz CT molecular complexity index is 1980. The van der Waals surface area contributed by atoms with E-state index in [1.54, 1.807) is 40.0 Å². The van der Waals surface area contributed by atoms with E-state index in [1.807, 2.05) is 65.8 Å². The van der Waals surface area contributed by atoms with Gasteiger partial charge in [0.1, 0.15) is 24.4 Å². The van der Waals surface area contributed by atoms with Gasteiger partial charge in [0.2, 0.25) is 15.8 Å². The van der Waals surface area contributed by atoms with Gasteiger partial charge >= 0.3 is 5.97 Å². The third-order valence-corrected chi connectivity index (χ3v) is 16.9. The zero-order valence-corrected chi connectivity index (χ0v) is 44.8. The molecule has 0 aromatic carbocycles. The summed E-state index contributed by atoms with van der Waals surface area (Å²) in [7, 11) is -0.760. The lowest BCUT2D eigenvalue weighted by Crippen LogP contribution is -2.61. The van der Waals surface area contributed by atoms with Crippen molar-refractivity contribution < 1.29 is 61.9 Å². The first-order valence-electron chi connectivity index (χ1n) is 26.0. The molecule has 1 unspecified atom stereocenters. The summed E-state index contributed by atoms with van der Waals surface area (Å²) >= 11 is 0. The van der Waals surface area contributed by atoms with E-state index in [9.17, 15) is 42.9 Å². The molecule has 0 aromatic rings. The molecule has 15 nitrogen and oxygen atoms in total. The zero-order valence-electron chi connectivity index (χ0n) is 44.0. The van der Waals surface area contributed by atoms with E-state index in [1.165, 1.54) is 12.0 Å². The Balaban J connectivity index is 1.73. The minimum absolute atomic E-state index is 0.0119. The Morgan fingerprint density at radius 3 is 2.23 bits per heavy atom. The van der Waals surface area contributed by atoms with Crippen LogP contribution in [0.4, 0.5) is 0 Å². The molecular formula is C54H88N2O13S.